The first-order valence-electron chi connectivity index (χ1n) is 8.72. The molecule has 3 rings (SSSR count). The van der Waals surface area contributed by atoms with E-state index in [1.54, 1.807) is 0 Å². The van der Waals surface area contributed by atoms with Gasteiger partial charge in [0.1, 0.15) is 6.07 Å². The first-order valence-corrected chi connectivity index (χ1v) is 9.80. The van der Waals surface area contributed by atoms with Gasteiger partial charge in [-0.05, 0) is 65.3 Å². The van der Waals surface area contributed by atoms with Crippen molar-refractivity contribution >= 4 is 28.3 Å². The fourth-order valence-electron chi connectivity index (χ4n) is 3.49. The van der Waals surface area contributed by atoms with E-state index in [0.29, 0.717) is 18.2 Å². The van der Waals surface area contributed by atoms with Crippen LogP contribution in [0.2, 0.25) is 0 Å². The lowest BCUT2D eigenvalue weighted by molar-refractivity contribution is 0.373. The molecule has 0 unspecified atom stereocenters. The average molecular weight is 456 g/mol. The molecule has 0 bridgehead atoms. The molecule has 0 spiro atoms. The van der Waals surface area contributed by atoms with Crippen LogP contribution in [0.4, 0.5) is 5.69 Å². The lowest BCUT2D eigenvalue weighted by Crippen LogP contribution is -2.37. The van der Waals surface area contributed by atoms with Gasteiger partial charge in [0.15, 0.2) is 0 Å². The molecule has 132 valence electrons. The van der Waals surface area contributed by atoms with Crippen molar-refractivity contribution in [3.63, 3.8) is 0 Å². The van der Waals surface area contributed by atoms with Crippen molar-refractivity contribution in [1.82, 2.24) is 4.90 Å². The summed E-state index contributed by atoms with van der Waals surface area (Å²) in [6, 6.07) is 19.4. The zero-order valence-corrected chi connectivity index (χ0v) is 17.0. The highest BCUT2D eigenvalue weighted by atomic mass is 127. The lowest BCUT2D eigenvalue weighted by Gasteiger charge is -2.32. The maximum Gasteiger partial charge on any atom is 0.100 e. The Bertz CT molecular complexity index is 865. The third-order valence-electron chi connectivity index (χ3n) is 4.99. The van der Waals surface area contributed by atoms with Crippen molar-refractivity contribution in [1.29, 1.82) is 10.5 Å². The predicted molar refractivity (Wildman–Crippen MR) is 112 cm³/mol. The lowest BCUT2D eigenvalue weighted by atomic mass is 10.1. The monoisotopic (exact) mass is 456 g/mol. The van der Waals surface area contributed by atoms with Crippen LogP contribution in [-0.2, 0) is 6.54 Å². The number of hydrogen-bond acceptors (Lipinski definition) is 4. The summed E-state index contributed by atoms with van der Waals surface area (Å²) >= 11 is 2.24. The Morgan fingerprint density at radius 2 is 2.04 bits per heavy atom. The van der Waals surface area contributed by atoms with Gasteiger partial charge in [0.05, 0.1) is 18.2 Å². The molecule has 0 aliphatic carbocycles. The van der Waals surface area contributed by atoms with E-state index in [9.17, 15) is 5.26 Å². The summed E-state index contributed by atoms with van der Waals surface area (Å²) in [5.74, 6) is 0. The molecule has 1 heterocycles. The first-order chi connectivity index (χ1) is 12.6. The number of nitrogens with zero attached hydrogens (tertiary/aromatic N) is 4. The summed E-state index contributed by atoms with van der Waals surface area (Å²) < 4.78 is 0.976. The second-order valence-electron chi connectivity index (χ2n) is 6.67. The second-order valence-corrected chi connectivity index (χ2v) is 7.83. The van der Waals surface area contributed by atoms with Gasteiger partial charge in [-0.1, -0.05) is 24.3 Å². The van der Waals surface area contributed by atoms with Gasteiger partial charge in [-0.3, -0.25) is 4.90 Å². The molecule has 26 heavy (non-hydrogen) atoms. The number of benzene rings is 2. The summed E-state index contributed by atoms with van der Waals surface area (Å²) in [5.41, 5.74) is 4.45. The quantitative estimate of drug-likeness (QED) is 0.503. The fraction of sp³-hybridized carbons (Fsp3) is 0.333. The molecular weight excluding hydrogens is 435 g/mol. The molecule has 4 nitrogen and oxygen atoms in total. The van der Waals surface area contributed by atoms with E-state index >= 15 is 0 Å². The predicted octanol–water partition coefficient (Wildman–Crippen LogP) is 4.08. The molecule has 0 aromatic heterocycles. The van der Waals surface area contributed by atoms with Crippen molar-refractivity contribution in [2.24, 2.45) is 0 Å². The summed E-state index contributed by atoms with van der Waals surface area (Å²) in [6.07, 6.45) is 1.05. The smallest absolute Gasteiger partial charge is 0.100 e. The molecule has 0 N–H and O–H groups in total. The van der Waals surface area contributed by atoms with Crippen LogP contribution < -0.4 is 4.90 Å². The summed E-state index contributed by atoms with van der Waals surface area (Å²) in [5, 5.41) is 18.2. The topological polar surface area (TPSA) is 54.1 Å². The first kappa shape index (κ1) is 18.7. The van der Waals surface area contributed by atoms with Crippen molar-refractivity contribution in [3.05, 3.63) is 62.7 Å². The van der Waals surface area contributed by atoms with Crippen molar-refractivity contribution in [2.75, 3.05) is 24.5 Å². The van der Waals surface area contributed by atoms with E-state index in [2.05, 4.69) is 81.8 Å². The molecule has 0 amide bonds. The maximum atomic E-state index is 9.22. The van der Waals surface area contributed by atoms with E-state index in [4.69, 9.17) is 5.26 Å². The Hall–Kier alpha value is -2.09. The Morgan fingerprint density at radius 1 is 1.23 bits per heavy atom. The van der Waals surface area contributed by atoms with Crippen LogP contribution in [0.25, 0.3) is 0 Å². The molecule has 0 saturated carbocycles. The fourth-order valence-corrected chi connectivity index (χ4v) is 4.11. The van der Waals surface area contributed by atoms with E-state index in [1.165, 1.54) is 11.1 Å². The third-order valence-corrected chi connectivity index (χ3v) is 5.88. The van der Waals surface area contributed by atoms with Crippen molar-refractivity contribution in [2.45, 2.75) is 25.9 Å². The van der Waals surface area contributed by atoms with Gasteiger partial charge in [0.25, 0.3) is 0 Å². The van der Waals surface area contributed by atoms with Crippen molar-refractivity contribution < 1.29 is 0 Å². The van der Waals surface area contributed by atoms with Crippen LogP contribution in [0, 0.1) is 33.2 Å². The number of anilines is 1. The highest BCUT2D eigenvalue weighted by Gasteiger charge is 2.28. The molecule has 2 aromatic carbocycles. The van der Waals surface area contributed by atoms with Crippen LogP contribution in [0.5, 0.6) is 0 Å². The highest BCUT2D eigenvalue weighted by Crippen LogP contribution is 2.28. The Morgan fingerprint density at radius 3 is 2.73 bits per heavy atom. The second kappa shape index (κ2) is 8.53. The van der Waals surface area contributed by atoms with Gasteiger partial charge in [0, 0.05) is 34.9 Å². The molecule has 5 heteroatoms. The third kappa shape index (κ3) is 4.17. The van der Waals surface area contributed by atoms with E-state index in [0.717, 1.165) is 35.3 Å². The summed E-state index contributed by atoms with van der Waals surface area (Å²) in [7, 11) is 0. The zero-order valence-electron chi connectivity index (χ0n) is 14.8. The van der Waals surface area contributed by atoms with E-state index in [-0.39, 0.29) is 0 Å². The standard InChI is InChI=1S/C21H21IN4/c1-16-4-2-3-5-18(16)14-26(20-8-10-25(15-20)11-9-23)19-7-6-17(13-24)21(22)12-19/h2-7,12,20H,8,10-11,14-15H2,1H3/t20-/m0/s1. The van der Waals surface area contributed by atoms with Crippen LogP contribution >= 0.6 is 22.6 Å². The van der Waals surface area contributed by atoms with Gasteiger partial charge < -0.3 is 4.90 Å². The molecule has 0 radical (unpaired) electrons. The molecule has 1 saturated heterocycles. The molecule has 1 aliphatic rings. The molecule has 1 fully saturated rings. The number of rotatable bonds is 5. The minimum absolute atomic E-state index is 0.367. The number of hydrogen-bond donors (Lipinski definition) is 0. The van der Waals surface area contributed by atoms with Gasteiger partial charge >= 0.3 is 0 Å². The largest absolute Gasteiger partial charge is 0.363 e. The molecule has 1 atom stereocenters. The number of halogens is 1. The van der Waals surface area contributed by atoms with Gasteiger partial charge in [-0.25, -0.2) is 0 Å². The van der Waals surface area contributed by atoms with Gasteiger partial charge in [-0.15, -0.1) is 0 Å². The average Bonchev–Trinajstić information content (AvgIpc) is 3.09. The summed E-state index contributed by atoms with van der Waals surface area (Å²) in [4.78, 5) is 4.65. The van der Waals surface area contributed by atoms with Gasteiger partial charge in [0.2, 0.25) is 0 Å². The van der Waals surface area contributed by atoms with Crippen LogP contribution in [0.3, 0.4) is 0 Å². The van der Waals surface area contributed by atoms with Crippen LogP contribution in [-0.4, -0.2) is 30.6 Å². The highest BCUT2D eigenvalue weighted by molar-refractivity contribution is 14.1. The Labute approximate surface area is 168 Å². The number of nitriles is 2. The SMILES string of the molecule is Cc1ccccc1CN(c1ccc(C#N)c(I)c1)[C@H]1CCN(CC#N)C1. The van der Waals surface area contributed by atoms with E-state index in [1.807, 2.05) is 12.1 Å². The van der Waals surface area contributed by atoms with Crippen molar-refractivity contribution in [3.8, 4) is 12.1 Å². The van der Waals surface area contributed by atoms with Crippen LogP contribution in [0.1, 0.15) is 23.1 Å². The molecule has 1 aliphatic heterocycles. The minimum Gasteiger partial charge on any atom is -0.363 e. The number of likely N-dealkylation sites (tertiary alicyclic amines) is 1. The van der Waals surface area contributed by atoms with E-state index < -0.39 is 0 Å². The molecule has 2 aromatic rings. The summed E-state index contributed by atoms with van der Waals surface area (Å²) in [6.45, 7) is 5.32. The number of aryl methyl sites for hydroxylation is 1. The maximum absolute atomic E-state index is 9.22. The Kier molecular flexibility index (Phi) is 6.13. The normalized spacial score (nSPS) is 16.8. The zero-order chi connectivity index (χ0) is 18.5. The van der Waals surface area contributed by atoms with Crippen LogP contribution in [0.15, 0.2) is 42.5 Å². The molecular formula is C21H21IN4. The minimum atomic E-state index is 0.367. The Balaban J connectivity index is 1.92. The van der Waals surface area contributed by atoms with Gasteiger partial charge in [-0.2, -0.15) is 10.5 Å².